The van der Waals surface area contributed by atoms with Crippen LogP contribution in [0.3, 0.4) is 0 Å². The van der Waals surface area contributed by atoms with Crippen molar-refractivity contribution in [3.63, 3.8) is 0 Å². The van der Waals surface area contributed by atoms with Crippen LogP contribution in [0.5, 0.6) is 11.5 Å². The maximum atomic E-state index is 12.1. The largest absolute Gasteiger partial charge is 0.486 e. The van der Waals surface area contributed by atoms with Crippen LogP contribution in [0.2, 0.25) is 0 Å². The number of nitrogens with one attached hydrogen (secondary N) is 1. The lowest BCUT2D eigenvalue weighted by atomic mass is 10.1. The van der Waals surface area contributed by atoms with Crippen LogP contribution >= 0.6 is 21.6 Å². The average molecular weight is 420 g/mol. The summed E-state index contributed by atoms with van der Waals surface area (Å²) in [4.78, 5) is 12.1. The molecule has 1 aromatic heterocycles. The van der Waals surface area contributed by atoms with E-state index in [2.05, 4.69) is 10.4 Å². The SMILES string of the molecule is O=C(CCCCC1CCSS1)Nc1cnn(CC2COc3ccccc3O2)c1. The summed E-state index contributed by atoms with van der Waals surface area (Å²) in [6, 6.07) is 7.66. The third-order valence-electron chi connectivity index (χ3n) is 4.78. The molecule has 28 heavy (non-hydrogen) atoms. The first kappa shape index (κ1) is 19.5. The topological polar surface area (TPSA) is 65.4 Å². The second-order valence-corrected chi connectivity index (χ2v) is 9.86. The van der Waals surface area contributed by atoms with Gasteiger partial charge in [-0.1, -0.05) is 40.1 Å². The zero-order valence-corrected chi connectivity index (χ0v) is 17.3. The highest BCUT2D eigenvalue weighted by Gasteiger charge is 2.21. The van der Waals surface area contributed by atoms with Gasteiger partial charge in [-0.25, -0.2) is 0 Å². The summed E-state index contributed by atoms with van der Waals surface area (Å²) >= 11 is 0. The van der Waals surface area contributed by atoms with Crippen molar-refractivity contribution in [2.24, 2.45) is 0 Å². The van der Waals surface area contributed by atoms with E-state index in [1.54, 1.807) is 10.9 Å². The molecule has 4 rings (SSSR count). The number of fused-ring (bicyclic) bond motifs is 1. The van der Waals surface area contributed by atoms with Crippen LogP contribution in [0.15, 0.2) is 36.7 Å². The van der Waals surface area contributed by atoms with Gasteiger partial charge in [0.2, 0.25) is 5.91 Å². The van der Waals surface area contributed by atoms with Gasteiger partial charge < -0.3 is 14.8 Å². The number of para-hydroxylation sites is 2. The van der Waals surface area contributed by atoms with E-state index in [1.807, 2.05) is 52.1 Å². The monoisotopic (exact) mass is 419 g/mol. The minimum atomic E-state index is -0.107. The van der Waals surface area contributed by atoms with Crippen molar-refractivity contribution in [2.45, 2.75) is 50.0 Å². The zero-order valence-electron chi connectivity index (χ0n) is 15.7. The fourth-order valence-corrected chi connectivity index (χ4v) is 6.36. The van der Waals surface area contributed by atoms with E-state index in [9.17, 15) is 4.79 Å². The van der Waals surface area contributed by atoms with E-state index in [4.69, 9.17) is 9.47 Å². The maximum absolute atomic E-state index is 12.1. The molecule has 0 saturated carbocycles. The van der Waals surface area contributed by atoms with Crippen molar-refractivity contribution >= 4 is 33.2 Å². The summed E-state index contributed by atoms with van der Waals surface area (Å²) in [6.07, 6.45) is 8.56. The molecule has 2 aliphatic heterocycles. The zero-order chi connectivity index (χ0) is 19.2. The molecule has 2 aliphatic rings. The van der Waals surface area contributed by atoms with Crippen molar-refractivity contribution in [3.8, 4) is 11.5 Å². The fourth-order valence-electron chi connectivity index (χ4n) is 3.34. The predicted molar refractivity (Wildman–Crippen MR) is 114 cm³/mol. The molecule has 1 fully saturated rings. The van der Waals surface area contributed by atoms with E-state index in [0.29, 0.717) is 19.6 Å². The number of nitrogens with zero attached hydrogens (tertiary/aromatic N) is 2. The molecule has 2 atom stereocenters. The van der Waals surface area contributed by atoms with Crippen molar-refractivity contribution in [3.05, 3.63) is 36.7 Å². The first-order valence-corrected chi connectivity index (χ1v) is 12.1. The van der Waals surface area contributed by atoms with Gasteiger partial charge in [-0.3, -0.25) is 9.48 Å². The molecule has 150 valence electrons. The minimum absolute atomic E-state index is 0.0548. The Bertz CT molecular complexity index is 793. The Kier molecular flexibility index (Phi) is 6.69. The summed E-state index contributed by atoms with van der Waals surface area (Å²) in [5.74, 6) is 2.86. The van der Waals surface area contributed by atoms with Gasteiger partial charge in [0.25, 0.3) is 0 Å². The lowest BCUT2D eigenvalue weighted by Crippen LogP contribution is -2.33. The third kappa shape index (κ3) is 5.38. The Hall–Kier alpha value is -1.80. The average Bonchev–Trinajstić information content (AvgIpc) is 3.37. The Labute approximate surface area is 173 Å². The molecule has 1 aromatic carbocycles. The Morgan fingerprint density at radius 3 is 3.04 bits per heavy atom. The summed E-state index contributed by atoms with van der Waals surface area (Å²) in [6.45, 7) is 1.05. The number of aromatic nitrogens is 2. The summed E-state index contributed by atoms with van der Waals surface area (Å²) in [7, 11) is 3.97. The predicted octanol–water partition coefficient (Wildman–Crippen LogP) is 4.38. The molecular formula is C20H25N3O3S2. The second kappa shape index (κ2) is 9.60. The number of carbonyl (C=O) groups excluding carboxylic acids is 1. The van der Waals surface area contributed by atoms with Gasteiger partial charge in [0.1, 0.15) is 6.61 Å². The van der Waals surface area contributed by atoms with Gasteiger partial charge in [0, 0.05) is 23.6 Å². The number of ether oxygens (including phenoxy) is 2. The maximum Gasteiger partial charge on any atom is 0.224 e. The highest BCUT2D eigenvalue weighted by Crippen LogP contribution is 2.39. The molecule has 2 aromatic rings. The van der Waals surface area contributed by atoms with Gasteiger partial charge in [-0.15, -0.1) is 0 Å². The van der Waals surface area contributed by atoms with Crippen molar-refractivity contribution in [2.75, 3.05) is 17.7 Å². The lowest BCUT2D eigenvalue weighted by molar-refractivity contribution is -0.116. The van der Waals surface area contributed by atoms with Crippen LogP contribution in [-0.4, -0.2) is 39.4 Å². The number of hydrogen-bond acceptors (Lipinski definition) is 6. The smallest absolute Gasteiger partial charge is 0.224 e. The van der Waals surface area contributed by atoms with Crippen LogP contribution < -0.4 is 14.8 Å². The summed E-state index contributed by atoms with van der Waals surface area (Å²) in [5, 5.41) is 8.05. The van der Waals surface area contributed by atoms with Crippen molar-refractivity contribution < 1.29 is 14.3 Å². The van der Waals surface area contributed by atoms with Crippen LogP contribution in [0, 0.1) is 0 Å². The third-order valence-corrected chi connectivity index (χ3v) is 7.79. The number of rotatable bonds is 8. The molecule has 6 nitrogen and oxygen atoms in total. The minimum Gasteiger partial charge on any atom is -0.486 e. The quantitative estimate of drug-likeness (QED) is 0.506. The van der Waals surface area contributed by atoms with Crippen molar-refractivity contribution in [1.29, 1.82) is 0 Å². The first-order chi connectivity index (χ1) is 13.8. The van der Waals surface area contributed by atoms with Gasteiger partial charge in [0.15, 0.2) is 17.6 Å². The van der Waals surface area contributed by atoms with Gasteiger partial charge in [-0.05, 0) is 31.4 Å². The standard InChI is InChI=1S/C20H25N3O3S2/c24-20(8-4-1-5-17-9-10-27-28-17)22-15-11-21-23(12-15)13-16-14-25-18-6-2-3-7-19(18)26-16/h2-3,6-7,11-12,16-17H,1,4-5,8-10,13-14H2,(H,22,24). The highest BCUT2D eigenvalue weighted by molar-refractivity contribution is 8.77. The summed E-state index contributed by atoms with van der Waals surface area (Å²) < 4.78 is 13.5. The number of benzene rings is 1. The first-order valence-electron chi connectivity index (χ1n) is 9.75. The molecule has 8 heteroatoms. The molecule has 0 spiro atoms. The van der Waals surface area contributed by atoms with Crippen LogP contribution in [0.4, 0.5) is 5.69 Å². The van der Waals surface area contributed by atoms with Crippen LogP contribution in [-0.2, 0) is 11.3 Å². The molecule has 0 radical (unpaired) electrons. The van der Waals surface area contributed by atoms with E-state index >= 15 is 0 Å². The van der Waals surface area contributed by atoms with Gasteiger partial charge >= 0.3 is 0 Å². The molecule has 3 heterocycles. The van der Waals surface area contributed by atoms with E-state index in [0.717, 1.165) is 35.3 Å². The molecule has 1 saturated heterocycles. The van der Waals surface area contributed by atoms with Crippen LogP contribution in [0.1, 0.15) is 32.1 Å². The number of anilines is 1. The molecule has 2 unspecified atom stereocenters. The second-order valence-electron chi connectivity index (χ2n) is 7.07. The van der Waals surface area contributed by atoms with Gasteiger partial charge in [-0.2, -0.15) is 5.10 Å². The summed E-state index contributed by atoms with van der Waals surface area (Å²) in [5.41, 5.74) is 0.727. The number of unbranched alkanes of at least 4 members (excludes halogenated alkanes) is 1. The van der Waals surface area contributed by atoms with E-state index < -0.39 is 0 Å². The Morgan fingerprint density at radius 2 is 2.18 bits per heavy atom. The fraction of sp³-hybridized carbons (Fsp3) is 0.500. The normalized spacial score (nSPS) is 20.9. The Balaban J connectivity index is 1.18. The molecule has 0 bridgehead atoms. The van der Waals surface area contributed by atoms with Crippen molar-refractivity contribution in [1.82, 2.24) is 9.78 Å². The molecule has 0 aliphatic carbocycles. The van der Waals surface area contributed by atoms with Crippen LogP contribution in [0.25, 0.3) is 0 Å². The van der Waals surface area contributed by atoms with E-state index in [-0.39, 0.29) is 12.0 Å². The molecular weight excluding hydrogens is 394 g/mol. The number of hydrogen-bond donors (Lipinski definition) is 1. The Morgan fingerprint density at radius 1 is 1.29 bits per heavy atom. The number of amides is 1. The molecule has 1 amide bonds. The van der Waals surface area contributed by atoms with E-state index in [1.165, 1.54) is 18.6 Å². The highest BCUT2D eigenvalue weighted by atomic mass is 33.1. The lowest BCUT2D eigenvalue weighted by Gasteiger charge is -2.26. The van der Waals surface area contributed by atoms with Gasteiger partial charge in [0.05, 0.1) is 18.4 Å². The number of carbonyl (C=O) groups is 1. The molecule has 1 N–H and O–H groups in total.